The molecule has 0 fully saturated rings. The highest BCUT2D eigenvalue weighted by Crippen LogP contribution is 1.97. The molecule has 78 valence electrons. The normalized spacial score (nSPS) is 10.7. The molecule has 0 atom stereocenters. The fraction of sp³-hybridized carbons (Fsp3) is 0.250. The van der Waals surface area contributed by atoms with Crippen molar-refractivity contribution in [2.24, 2.45) is 0 Å². The van der Waals surface area contributed by atoms with Crippen LogP contribution in [0.1, 0.15) is 11.5 Å². The van der Waals surface area contributed by atoms with Gasteiger partial charge in [0.1, 0.15) is 5.82 Å². The molecule has 2 N–H and O–H groups in total. The number of carboxylic acids is 1. The van der Waals surface area contributed by atoms with Gasteiger partial charge in [0.15, 0.2) is 0 Å². The topological polar surface area (TPSA) is 100 Å². The molecule has 0 radical (unpaired) electrons. The van der Waals surface area contributed by atoms with Gasteiger partial charge < -0.3 is 5.11 Å². The molecule has 0 unspecified atom stereocenters. The third kappa shape index (κ3) is 1.71. The van der Waals surface area contributed by atoms with Crippen LogP contribution in [0.2, 0.25) is 0 Å². The zero-order valence-electron chi connectivity index (χ0n) is 7.89. The predicted octanol–water partition coefficient (Wildman–Crippen LogP) is -0.647. The average Bonchev–Trinajstić information content (AvgIpc) is 2.44. The van der Waals surface area contributed by atoms with Crippen LogP contribution in [-0.2, 0) is 11.2 Å². The lowest BCUT2D eigenvalue weighted by Gasteiger charge is -1.95. The number of H-pyrrole nitrogens is 1. The SMILES string of the molecule is Cc1nc2nc(CC(=O)O)cc(=O)n2[nH]1. The van der Waals surface area contributed by atoms with Gasteiger partial charge >= 0.3 is 5.97 Å². The molecule has 0 bridgehead atoms. The number of aliphatic carboxylic acids is 1. The number of nitrogens with zero attached hydrogens (tertiary/aromatic N) is 3. The number of hydrogen-bond acceptors (Lipinski definition) is 4. The number of rotatable bonds is 2. The molecule has 7 nitrogen and oxygen atoms in total. The van der Waals surface area contributed by atoms with Crippen molar-refractivity contribution in [2.75, 3.05) is 0 Å². The summed E-state index contributed by atoms with van der Waals surface area (Å²) in [6.45, 7) is 1.69. The summed E-state index contributed by atoms with van der Waals surface area (Å²) in [5.74, 6) is -0.290. The largest absolute Gasteiger partial charge is 0.481 e. The molecule has 0 saturated carbocycles. The quantitative estimate of drug-likeness (QED) is 0.683. The van der Waals surface area contributed by atoms with Gasteiger partial charge in [0.05, 0.1) is 12.1 Å². The average molecular weight is 208 g/mol. The summed E-state index contributed by atoms with van der Waals surface area (Å²) in [7, 11) is 0. The summed E-state index contributed by atoms with van der Waals surface area (Å²) in [5, 5.41) is 11.2. The van der Waals surface area contributed by atoms with Crippen LogP contribution in [0.15, 0.2) is 10.9 Å². The van der Waals surface area contributed by atoms with Crippen molar-refractivity contribution in [3.63, 3.8) is 0 Å². The van der Waals surface area contributed by atoms with Crippen LogP contribution < -0.4 is 5.56 Å². The van der Waals surface area contributed by atoms with Crippen LogP contribution in [0, 0.1) is 6.92 Å². The molecule has 2 aromatic rings. The van der Waals surface area contributed by atoms with E-state index in [0.29, 0.717) is 5.82 Å². The highest BCUT2D eigenvalue weighted by molar-refractivity contribution is 5.69. The second-order valence-corrected chi connectivity index (χ2v) is 3.10. The lowest BCUT2D eigenvalue weighted by molar-refractivity contribution is -0.136. The van der Waals surface area contributed by atoms with Gasteiger partial charge in [-0.1, -0.05) is 0 Å². The van der Waals surface area contributed by atoms with Crippen LogP contribution >= 0.6 is 0 Å². The Morgan fingerprint density at radius 3 is 3.00 bits per heavy atom. The van der Waals surface area contributed by atoms with Gasteiger partial charge in [-0.05, 0) is 6.92 Å². The number of aryl methyl sites for hydroxylation is 1. The maximum atomic E-state index is 11.5. The molecule has 0 aliphatic carbocycles. The van der Waals surface area contributed by atoms with E-state index in [9.17, 15) is 9.59 Å². The minimum Gasteiger partial charge on any atom is -0.481 e. The van der Waals surface area contributed by atoms with Gasteiger partial charge in [-0.25, -0.2) is 4.98 Å². The number of aromatic nitrogens is 4. The summed E-state index contributed by atoms with van der Waals surface area (Å²) in [6, 6.07) is 1.18. The summed E-state index contributed by atoms with van der Waals surface area (Å²) >= 11 is 0. The molecule has 7 heteroatoms. The van der Waals surface area contributed by atoms with Gasteiger partial charge in [0, 0.05) is 6.07 Å². The van der Waals surface area contributed by atoms with Crippen molar-refractivity contribution in [3.05, 3.63) is 27.9 Å². The van der Waals surface area contributed by atoms with Crippen LogP contribution in [-0.4, -0.2) is 30.7 Å². The van der Waals surface area contributed by atoms with Crippen LogP contribution in [0.3, 0.4) is 0 Å². The summed E-state index contributed by atoms with van der Waals surface area (Å²) in [6.07, 6.45) is -0.280. The van der Waals surface area contributed by atoms with Crippen molar-refractivity contribution < 1.29 is 9.90 Å². The summed E-state index contributed by atoms with van der Waals surface area (Å²) in [5.41, 5.74) is -0.157. The Morgan fingerprint density at radius 1 is 1.60 bits per heavy atom. The zero-order chi connectivity index (χ0) is 11.0. The molecule has 0 saturated heterocycles. The van der Waals surface area contributed by atoms with E-state index in [0.717, 1.165) is 0 Å². The molecule has 15 heavy (non-hydrogen) atoms. The minimum absolute atomic E-state index is 0.191. The minimum atomic E-state index is -1.03. The maximum absolute atomic E-state index is 11.5. The Labute approximate surface area is 83.4 Å². The van der Waals surface area contributed by atoms with Crippen LogP contribution in [0.4, 0.5) is 0 Å². The molecule has 2 aromatic heterocycles. The van der Waals surface area contributed by atoms with Crippen molar-refractivity contribution >= 4 is 11.7 Å². The van der Waals surface area contributed by atoms with E-state index in [1.165, 1.54) is 10.6 Å². The molecule has 0 aromatic carbocycles. The third-order valence-electron chi connectivity index (χ3n) is 1.83. The first-order valence-corrected chi connectivity index (χ1v) is 4.23. The number of fused-ring (bicyclic) bond motifs is 1. The first kappa shape index (κ1) is 9.38. The molecule has 0 spiro atoms. The summed E-state index contributed by atoms with van der Waals surface area (Å²) in [4.78, 5) is 29.8. The van der Waals surface area contributed by atoms with Crippen molar-refractivity contribution in [3.8, 4) is 0 Å². The van der Waals surface area contributed by atoms with E-state index in [-0.39, 0.29) is 23.5 Å². The Kier molecular flexibility index (Phi) is 2.00. The zero-order valence-corrected chi connectivity index (χ0v) is 7.89. The summed E-state index contributed by atoms with van der Waals surface area (Å²) < 4.78 is 1.17. The van der Waals surface area contributed by atoms with Crippen LogP contribution in [0.5, 0.6) is 0 Å². The van der Waals surface area contributed by atoms with E-state index in [1.807, 2.05) is 0 Å². The Morgan fingerprint density at radius 2 is 2.33 bits per heavy atom. The lowest BCUT2D eigenvalue weighted by atomic mass is 10.3. The highest BCUT2D eigenvalue weighted by Gasteiger charge is 2.08. The fourth-order valence-corrected chi connectivity index (χ4v) is 1.28. The number of hydrogen-bond donors (Lipinski definition) is 2. The first-order chi connectivity index (χ1) is 7.06. The Balaban J connectivity index is 2.61. The molecular formula is C8H8N4O3. The molecule has 0 aliphatic rings. The predicted molar refractivity (Wildman–Crippen MR) is 49.7 cm³/mol. The molecule has 0 amide bonds. The van der Waals surface area contributed by atoms with E-state index < -0.39 is 5.97 Å². The third-order valence-corrected chi connectivity index (χ3v) is 1.83. The monoisotopic (exact) mass is 208 g/mol. The van der Waals surface area contributed by atoms with E-state index >= 15 is 0 Å². The molecule has 0 aliphatic heterocycles. The Hall–Kier alpha value is -2.18. The van der Waals surface area contributed by atoms with Gasteiger partial charge in [0.25, 0.3) is 11.3 Å². The van der Waals surface area contributed by atoms with Gasteiger partial charge in [-0.3, -0.25) is 14.7 Å². The molecular weight excluding hydrogens is 200 g/mol. The van der Waals surface area contributed by atoms with E-state index in [4.69, 9.17) is 5.11 Å². The Bertz CT molecular complexity index is 583. The van der Waals surface area contributed by atoms with Gasteiger partial charge in [-0.15, -0.1) is 0 Å². The second kappa shape index (κ2) is 3.19. The molecule has 2 rings (SSSR count). The van der Waals surface area contributed by atoms with Crippen LogP contribution in [0.25, 0.3) is 5.78 Å². The fourth-order valence-electron chi connectivity index (χ4n) is 1.28. The van der Waals surface area contributed by atoms with Crippen molar-refractivity contribution in [1.29, 1.82) is 0 Å². The smallest absolute Gasteiger partial charge is 0.309 e. The van der Waals surface area contributed by atoms with Gasteiger partial charge in [-0.2, -0.15) is 9.50 Å². The van der Waals surface area contributed by atoms with Crippen molar-refractivity contribution in [2.45, 2.75) is 13.3 Å². The maximum Gasteiger partial charge on any atom is 0.309 e. The second-order valence-electron chi connectivity index (χ2n) is 3.10. The number of carbonyl (C=O) groups is 1. The first-order valence-electron chi connectivity index (χ1n) is 4.23. The van der Waals surface area contributed by atoms with Crippen molar-refractivity contribution in [1.82, 2.24) is 19.6 Å². The highest BCUT2D eigenvalue weighted by atomic mass is 16.4. The number of nitrogens with one attached hydrogen (secondary N) is 1. The molecule has 2 heterocycles. The number of carboxylic acid groups (broad SMARTS) is 1. The lowest BCUT2D eigenvalue weighted by Crippen LogP contribution is -2.17. The number of aromatic amines is 1. The van der Waals surface area contributed by atoms with E-state index in [1.54, 1.807) is 6.92 Å². The standard InChI is InChI=1S/C8H8N4O3/c1-4-9-8-10-5(3-7(14)15)2-6(13)12(8)11-4/h2H,3H2,1H3,(H,14,15)(H,9,10,11). The van der Waals surface area contributed by atoms with E-state index in [2.05, 4.69) is 15.1 Å². The van der Waals surface area contributed by atoms with Gasteiger partial charge in [0.2, 0.25) is 0 Å².